The van der Waals surface area contributed by atoms with Gasteiger partial charge in [-0.1, -0.05) is 46.8 Å². The van der Waals surface area contributed by atoms with Crippen molar-refractivity contribution < 1.29 is 33.8 Å². The number of carbonyl (C=O) groups is 4. The third-order valence-electron chi connectivity index (χ3n) is 13.2. The number of rotatable bonds is 9. The first kappa shape index (κ1) is 45.7. The number of phenolic OH excluding ortho intramolecular Hbond substituents is 1. The lowest BCUT2D eigenvalue weighted by Gasteiger charge is -2.37. The highest BCUT2D eigenvalue weighted by atomic mass is 16.5. The number of methoxy groups -OCH3 is 1. The highest BCUT2D eigenvalue weighted by molar-refractivity contribution is 5.96. The van der Waals surface area contributed by atoms with Crippen molar-refractivity contribution in [1.29, 1.82) is 0 Å². The van der Waals surface area contributed by atoms with Crippen LogP contribution < -0.4 is 16.1 Å². The van der Waals surface area contributed by atoms with Crippen molar-refractivity contribution in [3.8, 4) is 28.1 Å². The fourth-order valence-electron chi connectivity index (χ4n) is 9.79. The number of esters is 1. The van der Waals surface area contributed by atoms with Gasteiger partial charge in [-0.15, -0.1) is 0 Å². The van der Waals surface area contributed by atoms with Crippen molar-refractivity contribution in [3.63, 3.8) is 0 Å². The summed E-state index contributed by atoms with van der Waals surface area (Å²) in [7, 11) is 3.34. The summed E-state index contributed by atoms with van der Waals surface area (Å²) < 4.78 is 14.2. The summed E-state index contributed by atoms with van der Waals surface area (Å²) in [6.07, 6.45) is 3.10. The first-order valence-corrected chi connectivity index (χ1v) is 22.5. The molecule has 14 nitrogen and oxygen atoms in total. The van der Waals surface area contributed by atoms with Crippen molar-refractivity contribution in [2.45, 2.75) is 105 Å². The van der Waals surface area contributed by atoms with Crippen LogP contribution in [0.15, 0.2) is 54.7 Å². The number of nitrogens with zero attached hydrogens (tertiary/aromatic N) is 4. The molecule has 6 atom stereocenters. The van der Waals surface area contributed by atoms with Crippen molar-refractivity contribution in [2.75, 3.05) is 40.4 Å². The minimum absolute atomic E-state index is 0.0137. The Morgan fingerprint density at radius 1 is 1.10 bits per heavy atom. The van der Waals surface area contributed by atoms with E-state index in [0.717, 1.165) is 51.1 Å². The minimum atomic E-state index is -1.11. The van der Waals surface area contributed by atoms with E-state index in [4.69, 9.17) is 14.5 Å². The van der Waals surface area contributed by atoms with E-state index in [1.165, 1.54) is 9.91 Å². The normalized spacial score (nSPS) is 22.7. The summed E-state index contributed by atoms with van der Waals surface area (Å²) >= 11 is 0. The van der Waals surface area contributed by atoms with Gasteiger partial charge in [0, 0.05) is 68.3 Å². The van der Waals surface area contributed by atoms with Crippen LogP contribution in [0.4, 0.5) is 0 Å². The number of nitrogens with one attached hydrogen (secondary N) is 3. The van der Waals surface area contributed by atoms with Gasteiger partial charge >= 0.3 is 5.97 Å². The molecule has 0 saturated carbocycles. The summed E-state index contributed by atoms with van der Waals surface area (Å²) in [6, 6.07) is 12.8. The zero-order valence-corrected chi connectivity index (χ0v) is 38.3. The Kier molecular flexibility index (Phi) is 13.6. The van der Waals surface area contributed by atoms with Crippen molar-refractivity contribution in [2.24, 2.45) is 23.2 Å². The van der Waals surface area contributed by atoms with E-state index in [1.807, 2.05) is 45.9 Å². The van der Waals surface area contributed by atoms with Gasteiger partial charge in [-0.05, 0) is 110 Å². The van der Waals surface area contributed by atoms with Gasteiger partial charge in [-0.2, -0.15) is 0 Å². The second-order valence-corrected chi connectivity index (χ2v) is 18.9. The number of cyclic esters (lactones) is 1. The van der Waals surface area contributed by atoms with Gasteiger partial charge in [0.2, 0.25) is 11.8 Å². The van der Waals surface area contributed by atoms with Gasteiger partial charge in [0.15, 0.2) is 0 Å². The molecular weight excluding hydrogens is 799 g/mol. The van der Waals surface area contributed by atoms with Crippen LogP contribution in [0.2, 0.25) is 0 Å². The lowest BCUT2D eigenvalue weighted by atomic mass is 9.84. The van der Waals surface area contributed by atoms with Crippen LogP contribution in [0.1, 0.15) is 84.2 Å². The van der Waals surface area contributed by atoms with E-state index in [-0.39, 0.29) is 48.5 Å². The Morgan fingerprint density at radius 3 is 2.57 bits per heavy atom. The number of aromatic nitrogens is 2. The smallest absolute Gasteiger partial charge is 0.324 e. The second-order valence-electron chi connectivity index (χ2n) is 18.9. The molecule has 338 valence electrons. The average Bonchev–Trinajstić information content (AvgIpc) is 3.83. The number of carbonyl (C=O) groups excluding carboxylic acids is 4. The molecule has 4 N–H and O–H groups in total. The molecule has 5 heterocycles. The minimum Gasteiger partial charge on any atom is -0.508 e. The topological polar surface area (TPSA) is 167 Å². The number of pyridine rings is 1. The number of fused-ring (bicyclic) bond motifs is 6. The summed E-state index contributed by atoms with van der Waals surface area (Å²) in [5.41, 5.74) is 9.72. The fourth-order valence-corrected chi connectivity index (χ4v) is 9.79. The van der Waals surface area contributed by atoms with Crippen LogP contribution in [0.5, 0.6) is 5.75 Å². The molecule has 3 aliphatic rings. The summed E-state index contributed by atoms with van der Waals surface area (Å²) in [6.45, 7) is 16.5. The van der Waals surface area contributed by atoms with E-state index < -0.39 is 41.3 Å². The molecule has 2 aromatic carbocycles. The van der Waals surface area contributed by atoms with Gasteiger partial charge < -0.3 is 34.7 Å². The molecule has 3 aliphatic heterocycles. The predicted molar refractivity (Wildman–Crippen MR) is 242 cm³/mol. The SMILES string of the molecule is CCn1c(-c2cccnc2[C@H](C)OC)c2c3cc(ccc31)-c1cc(O)cc(c1)C[C@H](NC(=O)[C@H](C(C)C)N(C)C(=O)[C@H]1CNC[C@@H]1C)C(=O)N1CCC[C@H](N1)C(=O)OCC(C)(C)C2. The third kappa shape index (κ3) is 9.49. The highest BCUT2D eigenvalue weighted by Gasteiger charge is 2.40. The molecule has 63 heavy (non-hydrogen) atoms. The van der Waals surface area contributed by atoms with Crippen molar-refractivity contribution >= 4 is 34.6 Å². The van der Waals surface area contributed by atoms with Crippen LogP contribution in [0.3, 0.4) is 0 Å². The molecule has 3 amide bonds. The molecule has 2 saturated heterocycles. The molecule has 0 unspecified atom stereocenters. The van der Waals surface area contributed by atoms with E-state index in [2.05, 4.69) is 59.6 Å². The van der Waals surface area contributed by atoms with E-state index in [9.17, 15) is 24.3 Å². The molecule has 2 aromatic heterocycles. The summed E-state index contributed by atoms with van der Waals surface area (Å²) in [5.74, 6) is -1.87. The first-order valence-electron chi connectivity index (χ1n) is 22.5. The average molecular weight is 864 g/mol. The number of aryl methyl sites for hydroxylation is 1. The molecule has 4 aromatic rings. The summed E-state index contributed by atoms with van der Waals surface area (Å²) in [5, 5.41) is 20.0. The molecule has 7 rings (SSSR count). The number of aromatic hydroxyl groups is 1. The largest absolute Gasteiger partial charge is 0.508 e. The van der Waals surface area contributed by atoms with Crippen LogP contribution in [0.25, 0.3) is 33.3 Å². The molecule has 6 bridgehead atoms. The number of phenols is 1. The zero-order valence-electron chi connectivity index (χ0n) is 38.3. The number of hydrogen-bond acceptors (Lipinski definition) is 10. The Balaban J connectivity index is 1.34. The Hall–Kier alpha value is -5.31. The number of amides is 3. The predicted octanol–water partition coefficient (Wildman–Crippen LogP) is 5.79. The molecule has 0 aliphatic carbocycles. The van der Waals surface area contributed by atoms with Crippen LogP contribution in [-0.4, -0.2) is 107 Å². The monoisotopic (exact) mass is 863 g/mol. The van der Waals surface area contributed by atoms with E-state index in [0.29, 0.717) is 44.5 Å². The zero-order chi connectivity index (χ0) is 45.3. The fraction of sp³-hybridized carbons (Fsp3) is 0.531. The van der Waals surface area contributed by atoms with E-state index in [1.54, 1.807) is 32.5 Å². The molecule has 14 heteroatoms. The first-order chi connectivity index (χ1) is 30.0. The lowest BCUT2D eigenvalue weighted by Crippen LogP contribution is -2.62. The van der Waals surface area contributed by atoms with Gasteiger partial charge in [-0.25, -0.2) is 5.43 Å². The van der Waals surface area contributed by atoms with Gasteiger partial charge in [0.05, 0.1) is 30.0 Å². The van der Waals surface area contributed by atoms with Gasteiger partial charge in [0.1, 0.15) is 23.9 Å². The third-order valence-corrected chi connectivity index (χ3v) is 13.2. The van der Waals surface area contributed by atoms with Crippen LogP contribution in [-0.2, 0) is 48.0 Å². The van der Waals surface area contributed by atoms with Gasteiger partial charge in [0.25, 0.3) is 5.91 Å². The lowest BCUT2D eigenvalue weighted by molar-refractivity contribution is -0.155. The molecular formula is C49H65N7O7. The number of benzene rings is 2. The van der Waals surface area contributed by atoms with Gasteiger partial charge in [-0.3, -0.25) is 29.2 Å². The maximum Gasteiger partial charge on any atom is 0.324 e. The Labute approximate surface area is 371 Å². The van der Waals surface area contributed by atoms with Crippen LogP contribution in [0, 0.1) is 23.2 Å². The Morgan fingerprint density at radius 2 is 1.87 bits per heavy atom. The second kappa shape index (κ2) is 18.8. The number of hydrazine groups is 1. The van der Waals surface area contributed by atoms with Crippen molar-refractivity contribution in [1.82, 2.24) is 35.5 Å². The number of likely N-dealkylation sites (N-methyl/N-ethyl adjacent to an activating group) is 1. The molecule has 0 spiro atoms. The highest BCUT2D eigenvalue weighted by Crippen LogP contribution is 2.42. The molecule has 0 radical (unpaired) electrons. The maximum atomic E-state index is 14.7. The Bertz CT molecular complexity index is 2360. The number of hydrogen-bond donors (Lipinski definition) is 4. The van der Waals surface area contributed by atoms with Crippen LogP contribution >= 0.6 is 0 Å². The quantitative estimate of drug-likeness (QED) is 0.151. The molecule has 2 fully saturated rings. The van der Waals surface area contributed by atoms with E-state index >= 15 is 0 Å². The maximum absolute atomic E-state index is 14.7. The standard InChI is InChI=1S/C49H65N7O7/c1-10-55-41-16-15-32-23-36(41)37(44(55)35-13-11-17-51-42(35)30(5)62-9)24-49(6,7)27-63-48(61)39-14-12-18-56(53-39)47(60)40(21-31-19-33(32)22-34(57)20-31)52-45(58)43(28(2)3)54(8)46(59)38-26-50-25-29(38)4/h11,13,15-17,19-20,22-23,28-30,38-40,43,50,53,57H,10,12,14,18,21,24-27H2,1-9H3,(H,52,58)/t29-,30-,38-,39-,40-,43-/m0/s1. The summed E-state index contributed by atoms with van der Waals surface area (Å²) in [4.78, 5) is 63.1. The van der Waals surface area contributed by atoms with Crippen molar-refractivity contribution in [3.05, 3.63) is 71.5 Å². The number of ether oxygens (including phenoxy) is 2.